The van der Waals surface area contributed by atoms with Gasteiger partial charge in [-0.1, -0.05) is 61.3 Å². The summed E-state index contributed by atoms with van der Waals surface area (Å²) in [7, 11) is 1.00. The van der Waals surface area contributed by atoms with E-state index in [-0.39, 0.29) is 0 Å². The van der Waals surface area contributed by atoms with Crippen molar-refractivity contribution in [2.75, 3.05) is 7.11 Å². The van der Waals surface area contributed by atoms with Crippen LogP contribution in [0.1, 0.15) is 87.0 Å². The average Bonchev–Trinajstić information content (AvgIpc) is 2.79. The highest BCUT2D eigenvalue weighted by Crippen LogP contribution is 2.54. The van der Waals surface area contributed by atoms with Crippen LogP contribution < -0.4 is 0 Å². The molecule has 0 aromatic carbocycles. The van der Waals surface area contributed by atoms with Gasteiger partial charge in [-0.05, 0) is 54.8 Å². The van der Waals surface area contributed by atoms with Crippen molar-refractivity contribution in [1.29, 1.82) is 0 Å². The van der Waals surface area contributed by atoms with Crippen LogP contribution in [-0.4, -0.2) is 18.0 Å². The number of aliphatic hydroxyl groups excluding tert-OH is 1. The van der Waals surface area contributed by atoms with Gasteiger partial charge in [0.25, 0.3) is 0 Å². The van der Waals surface area contributed by atoms with E-state index in [4.69, 9.17) is 5.11 Å². The zero-order valence-corrected chi connectivity index (χ0v) is 17.6. The number of carbonyl (C=O) groups is 1. The summed E-state index contributed by atoms with van der Waals surface area (Å²) >= 11 is 0. The first-order valence-corrected chi connectivity index (χ1v) is 10.6. The van der Waals surface area contributed by atoms with Crippen LogP contribution in [-0.2, 0) is 4.79 Å². The second kappa shape index (κ2) is 12.1. The van der Waals surface area contributed by atoms with Gasteiger partial charge < -0.3 is 5.11 Å². The zero-order chi connectivity index (χ0) is 18.9. The van der Waals surface area contributed by atoms with Gasteiger partial charge in [0.2, 0.25) is 0 Å². The van der Waals surface area contributed by atoms with Crippen LogP contribution in [0.4, 0.5) is 0 Å². The second-order valence-corrected chi connectivity index (χ2v) is 7.60. The Balaban J connectivity index is 0.000000798. The van der Waals surface area contributed by atoms with Crippen molar-refractivity contribution >= 4 is 5.78 Å². The lowest BCUT2D eigenvalue weighted by molar-refractivity contribution is -0.134. The quantitative estimate of drug-likeness (QED) is 0.589. The Morgan fingerprint density at radius 2 is 1.38 bits per heavy atom. The van der Waals surface area contributed by atoms with Gasteiger partial charge in [0.15, 0.2) is 0 Å². The van der Waals surface area contributed by atoms with Crippen LogP contribution in [0, 0.1) is 41.4 Å². The summed E-state index contributed by atoms with van der Waals surface area (Å²) < 4.78 is 0. The van der Waals surface area contributed by atoms with E-state index in [1.54, 1.807) is 0 Å². The number of Topliss-reactive ketones (excluding diaryl/α,β-unsaturated/α-hetero) is 1. The Kier molecular flexibility index (Phi) is 11.9. The minimum absolute atomic E-state index is 0.356. The molecule has 3 fully saturated rings. The summed E-state index contributed by atoms with van der Waals surface area (Å²) in [4.78, 5) is 12.2. The maximum absolute atomic E-state index is 12.2. The van der Waals surface area contributed by atoms with E-state index < -0.39 is 0 Å². The van der Waals surface area contributed by atoms with Gasteiger partial charge in [0.05, 0.1) is 0 Å². The maximum Gasteiger partial charge on any atom is 0.136 e. The number of ketones is 1. The van der Waals surface area contributed by atoms with Crippen LogP contribution in [0.25, 0.3) is 0 Å². The normalized spacial score (nSPS) is 40.2. The summed E-state index contributed by atoms with van der Waals surface area (Å²) in [6, 6.07) is 0. The fourth-order valence-electron chi connectivity index (χ4n) is 5.49. The van der Waals surface area contributed by atoms with Crippen molar-refractivity contribution in [3.63, 3.8) is 0 Å². The molecule has 0 bridgehead atoms. The first-order valence-electron chi connectivity index (χ1n) is 10.6. The third-order valence-corrected chi connectivity index (χ3v) is 6.53. The van der Waals surface area contributed by atoms with Crippen molar-refractivity contribution in [2.24, 2.45) is 41.4 Å². The number of hydrogen-bond donors (Lipinski definition) is 1. The van der Waals surface area contributed by atoms with Gasteiger partial charge in [-0.2, -0.15) is 0 Å². The third kappa shape index (κ3) is 5.31. The van der Waals surface area contributed by atoms with Crippen LogP contribution in [0.3, 0.4) is 0 Å². The fraction of sp³-hybridized carbons (Fsp3) is 0.955. The van der Waals surface area contributed by atoms with E-state index in [1.807, 2.05) is 27.7 Å². The molecule has 0 amide bonds. The fourth-order valence-corrected chi connectivity index (χ4v) is 5.49. The van der Waals surface area contributed by atoms with Crippen LogP contribution >= 0.6 is 0 Å². The molecule has 7 atom stereocenters. The standard InChI is InChI=1S/C17H28O.2C2H6.CH4O/c1-10-4-6-14-11(2)5-7-15-12(3)16(18)9-13(8-10)17(14)15;3*1-2/h10-15,17H,4-9H2,1-3H3;2*1-2H3;2H,1H3. The summed E-state index contributed by atoms with van der Waals surface area (Å²) in [6.07, 6.45) is 7.74. The minimum Gasteiger partial charge on any atom is -0.400 e. The summed E-state index contributed by atoms with van der Waals surface area (Å²) in [5.41, 5.74) is 0. The molecule has 24 heavy (non-hydrogen) atoms. The molecular formula is C22H44O2. The van der Waals surface area contributed by atoms with E-state index in [0.29, 0.717) is 11.7 Å². The maximum atomic E-state index is 12.2. The van der Waals surface area contributed by atoms with E-state index in [1.165, 1.54) is 32.1 Å². The zero-order valence-electron chi connectivity index (χ0n) is 17.6. The summed E-state index contributed by atoms with van der Waals surface area (Å²) in [5, 5.41) is 7.00. The van der Waals surface area contributed by atoms with Gasteiger partial charge in [-0.3, -0.25) is 4.79 Å². The summed E-state index contributed by atoms with van der Waals surface area (Å²) in [6.45, 7) is 15.1. The molecule has 1 N–H and O–H groups in total. The van der Waals surface area contributed by atoms with Crippen molar-refractivity contribution < 1.29 is 9.90 Å². The second-order valence-electron chi connectivity index (χ2n) is 7.60. The van der Waals surface area contributed by atoms with Crippen LogP contribution in [0.2, 0.25) is 0 Å². The van der Waals surface area contributed by atoms with Gasteiger partial charge in [0, 0.05) is 19.4 Å². The average molecular weight is 341 g/mol. The molecule has 3 aliphatic carbocycles. The molecule has 3 aliphatic rings. The van der Waals surface area contributed by atoms with E-state index in [0.717, 1.165) is 49.0 Å². The van der Waals surface area contributed by atoms with Gasteiger partial charge in [0.1, 0.15) is 5.78 Å². The van der Waals surface area contributed by atoms with Crippen molar-refractivity contribution in [3.05, 3.63) is 0 Å². The van der Waals surface area contributed by atoms with Gasteiger partial charge >= 0.3 is 0 Å². The lowest BCUT2D eigenvalue weighted by Gasteiger charge is -2.50. The van der Waals surface area contributed by atoms with Crippen molar-refractivity contribution in [1.82, 2.24) is 0 Å². The topological polar surface area (TPSA) is 37.3 Å². The highest BCUT2D eigenvalue weighted by atomic mass is 16.2. The molecule has 2 nitrogen and oxygen atoms in total. The Labute approximate surface area is 151 Å². The Bertz CT molecular complexity index is 339. The lowest BCUT2D eigenvalue weighted by atomic mass is 9.54. The van der Waals surface area contributed by atoms with Crippen LogP contribution in [0.5, 0.6) is 0 Å². The monoisotopic (exact) mass is 340 g/mol. The molecule has 3 saturated carbocycles. The molecule has 3 rings (SSSR count). The lowest BCUT2D eigenvalue weighted by Crippen LogP contribution is -2.46. The van der Waals surface area contributed by atoms with Gasteiger partial charge in [-0.15, -0.1) is 0 Å². The Morgan fingerprint density at radius 3 is 1.96 bits per heavy atom. The first-order chi connectivity index (χ1) is 11.6. The number of hydrogen-bond acceptors (Lipinski definition) is 2. The van der Waals surface area contributed by atoms with Gasteiger partial charge in [-0.25, -0.2) is 0 Å². The third-order valence-electron chi connectivity index (χ3n) is 6.53. The first kappa shape index (κ1) is 23.6. The summed E-state index contributed by atoms with van der Waals surface area (Å²) in [5.74, 6) is 5.93. The smallest absolute Gasteiger partial charge is 0.136 e. The Morgan fingerprint density at radius 1 is 0.833 bits per heavy atom. The largest absolute Gasteiger partial charge is 0.400 e. The van der Waals surface area contributed by atoms with Crippen molar-refractivity contribution in [2.45, 2.75) is 87.0 Å². The van der Waals surface area contributed by atoms with E-state index in [2.05, 4.69) is 20.8 Å². The molecule has 0 heterocycles. The molecule has 0 spiro atoms. The predicted molar refractivity (Wildman–Crippen MR) is 105 cm³/mol. The van der Waals surface area contributed by atoms with E-state index in [9.17, 15) is 4.79 Å². The molecule has 0 radical (unpaired) electrons. The molecule has 0 aromatic rings. The molecule has 2 heteroatoms. The molecule has 144 valence electrons. The SMILES string of the molecule is CC.CC.CC1CCC2C(C)CCC3C(C)C(=O)CC(C1)C23.CO. The highest BCUT2D eigenvalue weighted by molar-refractivity contribution is 5.82. The number of rotatable bonds is 0. The minimum atomic E-state index is 0.356. The predicted octanol–water partition coefficient (Wildman–Crippen LogP) is 5.97. The number of carbonyl (C=O) groups excluding carboxylic acids is 1. The molecule has 0 aliphatic heterocycles. The highest BCUT2D eigenvalue weighted by Gasteiger charge is 2.49. The number of aliphatic hydroxyl groups is 1. The Hall–Kier alpha value is -0.370. The molecular weight excluding hydrogens is 296 g/mol. The molecule has 0 aromatic heterocycles. The van der Waals surface area contributed by atoms with Crippen LogP contribution in [0.15, 0.2) is 0 Å². The van der Waals surface area contributed by atoms with E-state index >= 15 is 0 Å². The molecule has 7 unspecified atom stereocenters. The van der Waals surface area contributed by atoms with Crippen molar-refractivity contribution in [3.8, 4) is 0 Å². The molecule has 0 saturated heterocycles.